The van der Waals surface area contributed by atoms with Crippen molar-refractivity contribution in [1.29, 1.82) is 0 Å². The minimum Gasteiger partial charge on any atom is -0.366 e. The molecule has 0 aromatic heterocycles. The van der Waals surface area contributed by atoms with E-state index >= 15 is 0 Å². The second-order valence-electron chi connectivity index (χ2n) is 3.73. The van der Waals surface area contributed by atoms with Crippen LogP contribution < -0.4 is 0 Å². The Hall–Kier alpha value is -1.29. The molecule has 0 N–H and O–H groups in total. The van der Waals surface area contributed by atoms with Crippen molar-refractivity contribution in [3.05, 3.63) is 35.4 Å². The molecule has 2 nitrogen and oxygen atoms in total. The Morgan fingerprint density at radius 1 is 1.29 bits per heavy atom. The van der Waals surface area contributed by atoms with Gasteiger partial charge in [-0.05, 0) is 31.0 Å². The molecule has 94 valence electrons. The van der Waals surface area contributed by atoms with Crippen molar-refractivity contribution in [2.24, 2.45) is 0 Å². The van der Waals surface area contributed by atoms with Gasteiger partial charge in [-0.15, -0.1) is 0 Å². The lowest BCUT2D eigenvalue weighted by molar-refractivity contribution is -0.130. The second-order valence-corrected chi connectivity index (χ2v) is 3.73. The highest BCUT2D eigenvalue weighted by molar-refractivity contribution is 5.84. The number of rotatable bonds is 6. The fourth-order valence-corrected chi connectivity index (χ4v) is 1.59. The van der Waals surface area contributed by atoms with Crippen LogP contribution in [0.15, 0.2) is 18.2 Å². The van der Waals surface area contributed by atoms with Crippen molar-refractivity contribution >= 4 is 5.78 Å². The van der Waals surface area contributed by atoms with Gasteiger partial charge in [-0.25, -0.2) is 8.78 Å². The third-order valence-electron chi connectivity index (χ3n) is 2.37. The van der Waals surface area contributed by atoms with Gasteiger partial charge in [-0.1, -0.05) is 13.0 Å². The third-order valence-corrected chi connectivity index (χ3v) is 2.37. The molecule has 0 radical (unpaired) electrons. The van der Waals surface area contributed by atoms with Crippen LogP contribution in [0.2, 0.25) is 0 Å². The summed E-state index contributed by atoms with van der Waals surface area (Å²) in [5, 5.41) is 0. The first-order valence-corrected chi connectivity index (χ1v) is 5.69. The number of hydrogen-bond donors (Lipinski definition) is 0. The van der Waals surface area contributed by atoms with Crippen LogP contribution >= 0.6 is 0 Å². The quantitative estimate of drug-likeness (QED) is 0.764. The van der Waals surface area contributed by atoms with Gasteiger partial charge in [0.25, 0.3) is 0 Å². The Kier molecular flexibility index (Phi) is 5.22. The first-order valence-electron chi connectivity index (χ1n) is 5.69. The fourth-order valence-electron chi connectivity index (χ4n) is 1.59. The van der Waals surface area contributed by atoms with Crippen molar-refractivity contribution in [3.63, 3.8) is 0 Å². The number of carbonyl (C=O) groups excluding carboxylic acids is 1. The van der Waals surface area contributed by atoms with Gasteiger partial charge in [0.15, 0.2) is 17.4 Å². The molecule has 1 aromatic carbocycles. The van der Waals surface area contributed by atoms with Crippen molar-refractivity contribution in [2.75, 3.05) is 6.61 Å². The summed E-state index contributed by atoms with van der Waals surface area (Å²) in [4.78, 5) is 11.8. The Morgan fingerprint density at radius 3 is 2.53 bits per heavy atom. The summed E-state index contributed by atoms with van der Waals surface area (Å²) in [7, 11) is 0. The molecule has 0 heterocycles. The summed E-state index contributed by atoms with van der Waals surface area (Å²) in [6.07, 6.45) is 0.269. The van der Waals surface area contributed by atoms with E-state index in [2.05, 4.69) is 0 Å². The molecular formula is C13H16F2O2. The lowest BCUT2D eigenvalue weighted by Gasteiger charge is -2.16. The van der Waals surface area contributed by atoms with Crippen molar-refractivity contribution in [3.8, 4) is 0 Å². The maximum atomic E-state index is 13.1. The molecule has 1 atom stereocenters. The molecular weight excluding hydrogens is 226 g/mol. The van der Waals surface area contributed by atoms with E-state index in [1.165, 1.54) is 6.07 Å². The van der Waals surface area contributed by atoms with E-state index in [0.29, 0.717) is 25.0 Å². The van der Waals surface area contributed by atoms with Crippen LogP contribution in [0.1, 0.15) is 38.4 Å². The van der Waals surface area contributed by atoms with Gasteiger partial charge in [0.05, 0.1) is 0 Å². The maximum Gasteiger partial charge on any atom is 0.166 e. The highest BCUT2D eigenvalue weighted by atomic mass is 19.2. The maximum absolute atomic E-state index is 13.1. The molecule has 0 fully saturated rings. The van der Waals surface area contributed by atoms with Crippen LogP contribution in [0, 0.1) is 11.6 Å². The topological polar surface area (TPSA) is 26.3 Å². The average Bonchev–Trinajstić information content (AvgIpc) is 2.30. The Morgan fingerprint density at radius 2 is 2.00 bits per heavy atom. The molecule has 0 amide bonds. The highest BCUT2D eigenvalue weighted by Gasteiger charge is 2.21. The minimum absolute atomic E-state index is 0.111. The summed E-state index contributed by atoms with van der Waals surface area (Å²) in [5.41, 5.74) is 0.365. The van der Waals surface area contributed by atoms with Crippen LogP contribution in [-0.4, -0.2) is 12.4 Å². The molecule has 17 heavy (non-hydrogen) atoms. The zero-order valence-corrected chi connectivity index (χ0v) is 10.0. The molecule has 0 aliphatic rings. The summed E-state index contributed by atoms with van der Waals surface area (Å²) < 4.78 is 31.2. The predicted octanol–water partition coefficient (Wildman–Crippen LogP) is 3.41. The summed E-state index contributed by atoms with van der Waals surface area (Å²) in [6, 6.07) is 3.41. The smallest absolute Gasteiger partial charge is 0.166 e. The number of Topliss-reactive ketones (excluding diaryl/α,β-unsaturated/α-hetero) is 1. The van der Waals surface area contributed by atoms with Crippen LogP contribution in [0.3, 0.4) is 0 Å². The van der Waals surface area contributed by atoms with Gasteiger partial charge < -0.3 is 4.74 Å². The van der Waals surface area contributed by atoms with Gasteiger partial charge >= 0.3 is 0 Å². The molecule has 0 saturated heterocycles. The summed E-state index contributed by atoms with van der Waals surface area (Å²) >= 11 is 0. The van der Waals surface area contributed by atoms with Crippen LogP contribution in [0.4, 0.5) is 8.78 Å². The first-order chi connectivity index (χ1) is 8.10. The van der Waals surface area contributed by atoms with E-state index in [1.54, 1.807) is 6.92 Å². The van der Waals surface area contributed by atoms with E-state index in [9.17, 15) is 13.6 Å². The van der Waals surface area contributed by atoms with Crippen LogP contribution in [0.25, 0.3) is 0 Å². The minimum atomic E-state index is -0.962. The lowest BCUT2D eigenvalue weighted by Crippen LogP contribution is -2.16. The van der Waals surface area contributed by atoms with Gasteiger partial charge in [-0.3, -0.25) is 4.79 Å². The molecule has 1 aromatic rings. The van der Waals surface area contributed by atoms with Crippen molar-refractivity contribution < 1.29 is 18.3 Å². The fraction of sp³-hybridized carbons (Fsp3) is 0.462. The highest BCUT2D eigenvalue weighted by Crippen LogP contribution is 2.22. The summed E-state index contributed by atoms with van der Waals surface area (Å²) in [6.45, 7) is 3.98. The molecule has 1 unspecified atom stereocenters. The Labute approximate surface area is 99.6 Å². The zero-order valence-electron chi connectivity index (χ0n) is 10.0. The van der Waals surface area contributed by atoms with Gasteiger partial charge in [0, 0.05) is 13.0 Å². The van der Waals surface area contributed by atoms with Crippen molar-refractivity contribution in [1.82, 2.24) is 0 Å². The van der Waals surface area contributed by atoms with Crippen molar-refractivity contribution in [2.45, 2.75) is 32.8 Å². The van der Waals surface area contributed by atoms with E-state index in [4.69, 9.17) is 4.74 Å². The largest absolute Gasteiger partial charge is 0.366 e. The van der Waals surface area contributed by atoms with Gasteiger partial charge in [-0.2, -0.15) is 0 Å². The number of benzene rings is 1. The predicted molar refractivity (Wildman–Crippen MR) is 60.6 cm³/mol. The zero-order chi connectivity index (χ0) is 12.8. The molecule has 0 saturated carbocycles. The van der Waals surface area contributed by atoms with E-state index in [1.807, 2.05) is 6.92 Å². The number of halogens is 2. The van der Waals surface area contributed by atoms with Gasteiger partial charge in [0.1, 0.15) is 6.10 Å². The molecule has 4 heteroatoms. The van der Waals surface area contributed by atoms with E-state index in [-0.39, 0.29) is 5.78 Å². The third kappa shape index (κ3) is 3.60. The number of ether oxygens (including phenoxy) is 1. The number of hydrogen-bond acceptors (Lipinski definition) is 2. The molecule has 0 spiro atoms. The second kappa shape index (κ2) is 6.45. The molecule has 0 aliphatic heterocycles. The Bertz CT molecular complexity index is 391. The van der Waals surface area contributed by atoms with E-state index in [0.717, 1.165) is 12.1 Å². The van der Waals surface area contributed by atoms with E-state index < -0.39 is 17.7 Å². The van der Waals surface area contributed by atoms with Gasteiger partial charge in [0.2, 0.25) is 0 Å². The average molecular weight is 242 g/mol. The lowest BCUT2D eigenvalue weighted by atomic mass is 10.0. The number of ketones is 1. The molecule has 1 rings (SSSR count). The van der Waals surface area contributed by atoms with Crippen LogP contribution in [0.5, 0.6) is 0 Å². The molecule has 0 aliphatic carbocycles. The monoisotopic (exact) mass is 242 g/mol. The van der Waals surface area contributed by atoms with Crippen LogP contribution in [-0.2, 0) is 9.53 Å². The standard InChI is InChI=1S/C13H16F2O2/c1-3-5-12(16)13(17-4-2)9-6-7-10(14)11(15)8-9/h6-8,13H,3-5H2,1-2H3. The number of carbonyl (C=O) groups is 1. The summed E-state index contributed by atoms with van der Waals surface area (Å²) in [5.74, 6) is -2.00. The SMILES string of the molecule is CCCC(=O)C(OCC)c1ccc(F)c(F)c1. The molecule has 0 bridgehead atoms. The Balaban J connectivity index is 2.96. The normalized spacial score (nSPS) is 12.5. The first kappa shape index (κ1) is 13.8.